The highest BCUT2D eigenvalue weighted by Crippen LogP contribution is 2.18. The zero-order valence-electron chi connectivity index (χ0n) is 12.0. The van der Waals surface area contributed by atoms with Crippen LogP contribution in [0.15, 0.2) is 0 Å². The number of nitrogens with zero attached hydrogens (tertiary/aromatic N) is 2. The Hall–Kier alpha value is -0.800. The molecule has 0 fully saturated rings. The third-order valence-electron chi connectivity index (χ3n) is 2.91. The topological polar surface area (TPSA) is 39.1 Å². The van der Waals surface area contributed by atoms with E-state index in [9.17, 15) is 13.2 Å². The average Bonchev–Trinajstić information content (AvgIpc) is 2.27. The van der Waals surface area contributed by atoms with E-state index in [1.807, 2.05) is 13.8 Å². The van der Waals surface area contributed by atoms with Gasteiger partial charge in [0.25, 0.3) is 0 Å². The average molecular weight is 279 g/mol. The highest BCUT2D eigenvalue weighted by Gasteiger charge is 2.30. The molecule has 0 saturated heterocycles. The molecule has 0 aliphatic carbocycles. The zero-order chi connectivity index (χ0) is 14.9. The summed E-state index contributed by atoms with van der Waals surface area (Å²) in [6, 6.07) is 2.18. The Labute approximate surface area is 113 Å². The maximum atomic E-state index is 12.4. The van der Waals surface area contributed by atoms with Crippen molar-refractivity contribution in [3.05, 3.63) is 0 Å². The first kappa shape index (κ1) is 18.2. The molecular formula is C13H24F3N3. The van der Waals surface area contributed by atoms with Gasteiger partial charge in [-0.3, -0.25) is 10.2 Å². The van der Waals surface area contributed by atoms with Gasteiger partial charge < -0.3 is 0 Å². The molecule has 1 unspecified atom stereocenters. The quantitative estimate of drug-likeness (QED) is 0.705. The number of halogens is 3. The molecule has 3 nitrogen and oxygen atoms in total. The molecular weight excluding hydrogens is 255 g/mol. The van der Waals surface area contributed by atoms with E-state index in [2.05, 4.69) is 11.4 Å². The third kappa shape index (κ3) is 8.84. The summed E-state index contributed by atoms with van der Waals surface area (Å²) in [4.78, 5) is 1.41. The molecule has 0 amide bonds. The summed E-state index contributed by atoms with van der Waals surface area (Å²) in [6.45, 7) is 6.16. The molecule has 6 heteroatoms. The van der Waals surface area contributed by atoms with Crippen LogP contribution in [-0.2, 0) is 0 Å². The summed E-state index contributed by atoms with van der Waals surface area (Å²) in [7, 11) is 0. The summed E-state index contributed by atoms with van der Waals surface area (Å²) in [5, 5.41) is 12.1. The standard InChI is InChI=1S/C13H24F3N3/c1-4-8-19(11-13(14,15)16)9-6-7-12(3,10-17)18-5-2/h18H,4-9,11H2,1-3H3. The van der Waals surface area contributed by atoms with Gasteiger partial charge in [0.2, 0.25) is 0 Å². The Balaban J connectivity index is 4.22. The van der Waals surface area contributed by atoms with E-state index in [-0.39, 0.29) is 0 Å². The maximum absolute atomic E-state index is 12.4. The van der Waals surface area contributed by atoms with Crippen LogP contribution in [0.1, 0.15) is 40.0 Å². The van der Waals surface area contributed by atoms with Gasteiger partial charge in [0.1, 0.15) is 5.54 Å². The molecule has 1 atom stereocenters. The summed E-state index contributed by atoms with van der Waals surface area (Å²) in [5.41, 5.74) is -0.648. The van der Waals surface area contributed by atoms with Crippen LogP contribution < -0.4 is 5.32 Å². The van der Waals surface area contributed by atoms with Gasteiger partial charge in [-0.15, -0.1) is 0 Å². The molecule has 0 aromatic rings. The van der Waals surface area contributed by atoms with Crippen molar-refractivity contribution in [2.24, 2.45) is 0 Å². The predicted molar refractivity (Wildman–Crippen MR) is 69.7 cm³/mol. The number of rotatable bonds is 9. The first-order chi connectivity index (χ1) is 8.76. The van der Waals surface area contributed by atoms with Crippen molar-refractivity contribution in [1.29, 1.82) is 5.26 Å². The number of hydrogen-bond donors (Lipinski definition) is 1. The van der Waals surface area contributed by atoms with Crippen LogP contribution in [0.5, 0.6) is 0 Å². The van der Waals surface area contributed by atoms with Crippen LogP contribution in [-0.4, -0.2) is 42.8 Å². The monoisotopic (exact) mass is 279 g/mol. The van der Waals surface area contributed by atoms with Crippen LogP contribution in [0.3, 0.4) is 0 Å². The fourth-order valence-corrected chi connectivity index (χ4v) is 2.07. The molecule has 0 aromatic heterocycles. The van der Waals surface area contributed by atoms with Gasteiger partial charge in [0, 0.05) is 0 Å². The predicted octanol–water partition coefficient (Wildman–Crippen LogP) is 2.93. The molecule has 1 N–H and O–H groups in total. The lowest BCUT2D eigenvalue weighted by Crippen LogP contribution is -2.42. The molecule has 0 aromatic carbocycles. The molecule has 0 bridgehead atoms. The molecule has 0 radical (unpaired) electrons. The van der Waals surface area contributed by atoms with Crippen molar-refractivity contribution in [3.8, 4) is 6.07 Å². The van der Waals surface area contributed by atoms with Crippen molar-refractivity contribution in [2.45, 2.75) is 51.7 Å². The van der Waals surface area contributed by atoms with E-state index in [1.165, 1.54) is 4.90 Å². The summed E-state index contributed by atoms with van der Waals surface area (Å²) < 4.78 is 37.1. The minimum atomic E-state index is -4.16. The van der Waals surface area contributed by atoms with Crippen LogP contribution in [0.4, 0.5) is 13.2 Å². The van der Waals surface area contributed by atoms with Crippen molar-refractivity contribution in [2.75, 3.05) is 26.2 Å². The Bertz CT molecular complexity index is 286. The van der Waals surface area contributed by atoms with E-state index < -0.39 is 18.3 Å². The minimum absolute atomic E-state index is 0.371. The smallest absolute Gasteiger partial charge is 0.300 e. The van der Waals surface area contributed by atoms with E-state index in [1.54, 1.807) is 6.92 Å². The Morgan fingerprint density at radius 3 is 2.26 bits per heavy atom. The zero-order valence-corrected chi connectivity index (χ0v) is 12.0. The van der Waals surface area contributed by atoms with Gasteiger partial charge >= 0.3 is 6.18 Å². The van der Waals surface area contributed by atoms with Gasteiger partial charge in [-0.2, -0.15) is 18.4 Å². The molecule has 0 spiro atoms. The first-order valence-electron chi connectivity index (χ1n) is 6.71. The van der Waals surface area contributed by atoms with Crippen molar-refractivity contribution in [1.82, 2.24) is 10.2 Å². The van der Waals surface area contributed by atoms with Crippen LogP contribution >= 0.6 is 0 Å². The van der Waals surface area contributed by atoms with Crippen molar-refractivity contribution in [3.63, 3.8) is 0 Å². The second kappa shape index (κ2) is 8.39. The van der Waals surface area contributed by atoms with E-state index in [0.29, 0.717) is 38.9 Å². The van der Waals surface area contributed by atoms with Crippen LogP contribution in [0.2, 0.25) is 0 Å². The Kier molecular flexibility index (Phi) is 8.03. The van der Waals surface area contributed by atoms with Crippen molar-refractivity contribution < 1.29 is 13.2 Å². The molecule has 19 heavy (non-hydrogen) atoms. The lowest BCUT2D eigenvalue weighted by Gasteiger charge is -2.26. The Morgan fingerprint density at radius 2 is 1.84 bits per heavy atom. The fourth-order valence-electron chi connectivity index (χ4n) is 2.07. The van der Waals surface area contributed by atoms with Gasteiger partial charge in [-0.1, -0.05) is 13.8 Å². The lowest BCUT2D eigenvalue weighted by molar-refractivity contribution is -0.146. The number of nitrogens with one attached hydrogen (secondary N) is 1. The van der Waals surface area contributed by atoms with Crippen molar-refractivity contribution >= 4 is 0 Å². The molecule has 112 valence electrons. The largest absolute Gasteiger partial charge is 0.401 e. The Morgan fingerprint density at radius 1 is 1.21 bits per heavy atom. The van der Waals surface area contributed by atoms with E-state index in [0.717, 1.165) is 0 Å². The summed E-state index contributed by atoms with van der Waals surface area (Å²) >= 11 is 0. The summed E-state index contributed by atoms with van der Waals surface area (Å²) in [5.74, 6) is 0. The van der Waals surface area contributed by atoms with Gasteiger partial charge in [-0.05, 0) is 45.8 Å². The SMILES string of the molecule is CCCN(CCCC(C)(C#N)NCC)CC(F)(F)F. The van der Waals surface area contributed by atoms with Crippen LogP contribution in [0, 0.1) is 11.3 Å². The van der Waals surface area contributed by atoms with Crippen LogP contribution in [0.25, 0.3) is 0 Å². The highest BCUT2D eigenvalue weighted by molar-refractivity contribution is 5.03. The molecule has 0 aliphatic rings. The van der Waals surface area contributed by atoms with E-state index >= 15 is 0 Å². The minimum Gasteiger partial charge on any atom is -0.300 e. The first-order valence-corrected chi connectivity index (χ1v) is 6.71. The highest BCUT2D eigenvalue weighted by atomic mass is 19.4. The fraction of sp³-hybridized carbons (Fsp3) is 0.923. The van der Waals surface area contributed by atoms with Gasteiger partial charge in [-0.25, -0.2) is 0 Å². The maximum Gasteiger partial charge on any atom is 0.401 e. The molecule has 0 rings (SSSR count). The van der Waals surface area contributed by atoms with Gasteiger partial charge in [0.15, 0.2) is 0 Å². The third-order valence-corrected chi connectivity index (χ3v) is 2.91. The number of nitriles is 1. The normalized spacial score (nSPS) is 15.3. The molecule has 0 heterocycles. The lowest BCUT2D eigenvalue weighted by atomic mass is 9.97. The number of hydrogen-bond acceptors (Lipinski definition) is 3. The molecule has 0 aliphatic heterocycles. The molecule has 0 saturated carbocycles. The van der Waals surface area contributed by atoms with E-state index in [4.69, 9.17) is 5.26 Å². The summed E-state index contributed by atoms with van der Waals surface area (Å²) in [6.07, 6.45) is -2.34. The van der Waals surface area contributed by atoms with Gasteiger partial charge in [0.05, 0.1) is 12.6 Å². The second-order valence-corrected chi connectivity index (χ2v) is 4.97. The second-order valence-electron chi connectivity index (χ2n) is 4.97. The number of alkyl halides is 3.